The summed E-state index contributed by atoms with van der Waals surface area (Å²) in [4.78, 5) is 67.2. The number of carbonyl (C=O) groups excluding carboxylic acids is 3. The van der Waals surface area contributed by atoms with Crippen LogP contribution in [0.25, 0.3) is 0 Å². The van der Waals surface area contributed by atoms with Gasteiger partial charge in [0, 0.05) is 63.8 Å². The first-order chi connectivity index (χ1) is 39.8. The van der Waals surface area contributed by atoms with Gasteiger partial charge in [-0.1, -0.05) is 34.6 Å². The number of carbonyl (C=O) groups is 3. The highest BCUT2D eigenvalue weighted by Crippen LogP contribution is 2.49. The molecule has 3 amide bonds. The van der Waals surface area contributed by atoms with Crippen LogP contribution < -0.4 is 0 Å². The van der Waals surface area contributed by atoms with E-state index in [4.69, 9.17) is 46.7 Å². The number of aliphatic hydroxyl groups excluding tert-OH is 10. The molecule has 12 N–H and O–H groups in total. The summed E-state index contributed by atoms with van der Waals surface area (Å²) in [6.07, 6.45) is -15.9. The van der Waals surface area contributed by atoms with Gasteiger partial charge in [0.15, 0.2) is 18.9 Å². The third-order valence-electron chi connectivity index (χ3n) is 16.3. The molecule has 6 fully saturated rings. The molecule has 0 aromatic carbocycles. The summed E-state index contributed by atoms with van der Waals surface area (Å²) in [6.45, 7) is 5.92. The van der Waals surface area contributed by atoms with E-state index < -0.39 is 188 Å². The van der Waals surface area contributed by atoms with E-state index in [0.717, 1.165) is 0 Å². The highest BCUT2D eigenvalue weighted by molar-refractivity contribution is 7.52. The minimum atomic E-state index is -4.97. The summed E-state index contributed by atoms with van der Waals surface area (Å²) < 4.78 is 83.5. The smallest absolute Gasteiger partial charge is 0.394 e. The number of phosphoric ester groups is 1. The summed E-state index contributed by atoms with van der Waals surface area (Å²) in [7, 11) is -7.98. The number of amides is 3. The average molecular weight is 1260 g/mol. The van der Waals surface area contributed by atoms with Gasteiger partial charge in [0.25, 0.3) is 0 Å². The normalized spacial score (nSPS) is 37.8. The summed E-state index contributed by atoms with van der Waals surface area (Å²) >= 11 is 0. The van der Waals surface area contributed by atoms with Crippen LogP contribution in [0.4, 0.5) is 0 Å². The fourth-order valence-corrected chi connectivity index (χ4v) is 13.9. The van der Waals surface area contributed by atoms with Gasteiger partial charge in [-0.2, -0.15) is 0 Å². The van der Waals surface area contributed by atoms with Gasteiger partial charge >= 0.3 is 15.4 Å². The Morgan fingerprint density at radius 1 is 0.524 bits per heavy atom. The molecule has 6 heterocycles. The number of likely N-dealkylation sites (tertiary alicyclic amines) is 3. The van der Waals surface area contributed by atoms with Crippen LogP contribution in [0.5, 0.6) is 0 Å². The first-order valence-corrected chi connectivity index (χ1v) is 32.5. The highest BCUT2D eigenvalue weighted by Gasteiger charge is 2.47. The van der Waals surface area contributed by atoms with Crippen LogP contribution in [-0.4, -0.2) is 290 Å². The second-order valence-electron chi connectivity index (χ2n) is 22.5. The molecule has 0 radical (unpaired) electrons. The van der Waals surface area contributed by atoms with E-state index in [1.807, 2.05) is 13.8 Å². The molecule has 0 bridgehead atoms. The Hall–Kier alpha value is -2.01. The molecule has 8 unspecified atom stereocenters. The lowest BCUT2D eigenvalue weighted by molar-refractivity contribution is -0.282. The summed E-state index contributed by atoms with van der Waals surface area (Å²) in [6, 6.07) is -2.26. The number of methoxy groups -OCH3 is 1. The van der Waals surface area contributed by atoms with Crippen molar-refractivity contribution >= 4 is 33.1 Å². The zero-order valence-corrected chi connectivity index (χ0v) is 50.7. The van der Waals surface area contributed by atoms with E-state index in [-0.39, 0.29) is 109 Å². The Bertz CT molecular complexity index is 2110. The summed E-state index contributed by atoms with van der Waals surface area (Å²) in [5, 5.41) is 101. The number of rotatable bonds is 30. The second kappa shape index (κ2) is 34.3. The van der Waals surface area contributed by atoms with Gasteiger partial charge in [-0.05, 0) is 44.4 Å². The maximum atomic E-state index is 13.9. The van der Waals surface area contributed by atoms with Crippen LogP contribution in [0.2, 0.25) is 0 Å². The summed E-state index contributed by atoms with van der Waals surface area (Å²) in [5.41, 5.74) is 0. The Kier molecular flexibility index (Phi) is 29.7. The van der Waals surface area contributed by atoms with E-state index in [0.29, 0.717) is 6.42 Å². The van der Waals surface area contributed by atoms with Gasteiger partial charge in [0.2, 0.25) is 17.7 Å². The number of nitrogens with zero attached hydrogens (tertiary/aromatic N) is 3. The predicted octanol–water partition coefficient (Wildman–Crippen LogP) is -2.24. The molecule has 6 aliphatic rings. The van der Waals surface area contributed by atoms with E-state index >= 15 is 0 Å². The molecule has 0 aromatic heterocycles. The molecule has 23 atom stereocenters. The second-order valence-corrected chi connectivity index (χ2v) is 25.8. The van der Waals surface area contributed by atoms with Crippen LogP contribution >= 0.6 is 15.4 Å². The molecule has 490 valence electrons. The highest BCUT2D eigenvalue weighted by atomic mass is 31.2. The lowest BCUT2D eigenvalue weighted by atomic mass is 9.92. The van der Waals surface area contributed by atoms with Crippen molar-refractivity contribution < 1.29 is 131 Å². The third kappa shape index (κ3) is 20.0. The quantitative estimate of drug-likeness (QED) is 0.0267. The number of hydrogen-bond acceptors (Lipinski definition) is 25. The van der Waals surface area contributed by atoms with Gasteiger partial charge in [0.1, 0.15) is 36.6 Å². The zero-order chi connectivity index (χ0) is 62.2. The molecular formula is C52H95N3O27P2. The van der Waals surface area contributed by atoms with Crippen molar-refractivity contribution in [2.45, 2.75) is 197 Å². The Balaban J connectivity index is 0.00000638. The summed E-state index contributed by atoms with van der Waals surface area (Å²) in [5.74, 6) is -3.68. The van der Waals surface area contributed by atoms with Crippen molar-refractivity contribution in [3.05, 3.63) is 0 Å². The number of ether oxygens (including phenoxy) is 7. The Morgan fingerprint density at radius 2 is 0.905 bits per heavy atom. The Labute approximate surface area is 490 Å². The van der Waals surface area contributed by atoms with Crippen molar-refractivity contribution in [2.75, 3.05) is 92.4 Å². The van der Waals surface area contributed by atoms with Crippen molar-refractivity contribution in [1.82, 2.24) is 14.7 Å². The molecule has 0 aliphatic carbocycles. The predicted molar refractivity (Wildman–Crippen MR) is 291 cm³/mol. The fourth-order valence-electron chi connectivity index (χ4n) is 11.5. The maximum absolute atomic E-state index is 13.9. The topological polar surface area (TPSA) is 430 Å². The number of aliphatic hydroxyl groups is 10. The van der Waals surface area contributed by atoms with Gasteiger partial charge in [-0.25, -0.2) is 4.57 Å². The zero-order valence-electron chi connectivity index (χ0n) is 48.9. The van der Waals surface area contributed by atoms with E-state index in [9.17, 15) is 84.4 Å². The Morgan fingerprint density at radius 3 is 1.32 bits per heavy atom. The van der Waals surface area contributed by atoms with E-state index in [1.165, 1.54) is 16.9 Å². The number of β-amino-alcohol motifs (C(OH)–C–C–N with tert-alkyl or cyclic N) is 1. The molecule has 6 aliphatic heterocycles. The van der Waals surface area contributed by atoms with Crippen LogP contribution in [0.1, 0.15) is 92.4 Å². The van der Waals surface area contributed by atoms with Crippen molar-refractivity contribution in [1.29, 1.82) is 0 Å². The largest absolute Gasteiger partial charge is 0.472 e. The van der Waals surface area contributed by atoms with Gasteiger partial charge in [-0.15, -0.1) is 0 Å². The number of phosphoric acid groups is 1. The van der Waals surface area contributed by atoms with Gasteiger partial charge in [0.05, 0.1) is 114 Å². The van der Waals surface area contributed by atoms with E-state index in [1.54, 1.807) is 25.7 Å². The van der Waals surface area contributed by atoms with Crippen molar-refractivity contribution in [2.24, 2.45) is 23.7 Å². The molecule has 0 spiro atoms. The van der Waals surface area contributed by atoms with Crippen molar-refractivity contribution in [3.63, 3.8) is 0 Å². The number of hydrogen-bond donors (Lipinski definition) is 12. The van der Waals surface area contributed by atoms with Crippen LogP contribution in [0.15, 0.2) is 0 Å². The van der Waals surface area contributed by atoms with Gasteiger partial charge in [-0.3, -0.25) is 28.0 Å². The molecule has 0 aromatic rings. The minimum absolute atomic E-state index is 0.00343. The molecule has 30 nitrogen and oxygen atoms in total. The third-order valence-corrected chi connectivity index (χ3v) is 18.8. The van der Waals surface area contributed by atoms with Crippen LogP contribution in [-0.2, 0) is 70.2 Å². The first-order valence-electron chi connectivity index (χ1n) is 29.2. The standard InChI is InChI=1S/C50H89N3O27P2.C2H6/c1-27-42(61)45(64)36(20-54)77-48(27)72-11-5-8-39(58)51-17-30(14-31(51)23-71-4)26-81(67,68)75-24-33-16-35(19-53(33)41(60)10-7-13-74-50-29(3)44(63)47(66)38(22-56)79-50)80-82(69,70)76-25-32-15-34(57)18-52(32)40(59)9-6-12-73-49-28(2)43(62)46(65)37(21-55)78-49;1-2/h27-38,42-50,54-57,61-66H,5-26H2,1-4H3,(H,67,68)(H,69,70);1-2H3/t27?,28?,29?,30-,31+,32+,33+,34-,35-,36?,37?,38?,42-,43-,44-,45+,46+,47+,48-,49-,50-;/m1./s1. The molecular weight excluding hydrogens is 1160 g/mol. The van der Waals surface area contributed by atoms with Crippen molar-refractivity contribution in [3.8, 4) is 0 Å². The van der Waals surface area contributed by atoms with Crippen LogP contribution in [0, 0.1) is 23.7 Å². The molecule has 84 heavy (non-hydrogen) atoms. The minimum Gasteiger partial charge on any atom is -0.394 e. The molecule has 6 saturated heterocycles. The van der Waals surface area contributed by atoms with Gasteiger partial charge < -0.3 is 113 Å². The monoisotopic (exact) mass is 1260 g/mol. The lowest BCUT2D eigenvalue weighted by Crippen LogP contribution is -2.55. The molecule has 6 rings (SSSR count). The fraction of sp³-hybridized carbons (Fsp3) is 0.942. The molecule has 32 heteroatoms. The van der Waals surface area contributed by atoms with Crippen LogP contribution in [0.3, 0.4) is 0 Å². The first kappa shape index (κ1) is 72.7. The lowest BCUT2D eigenvalue weighted by Gasteiger charge is -2.40. The van der Waals surface area contributed by atoms with E-state index in [2.05, 4.69) is 0 Å². The maximum Gasteiger partial charge on any atom is 0.472 e. The SMILES string of the molecule is CC.COC[C@@H]1C[C@@H](CP(=O)(O)OC[C@@H]2C[C@@H](OP(=O)(O)OC[C@@H]3C[C@@H](O)CN3C(=O)CCCO[C@@H]3OC(CO)[C@H](O)[C@H](O)C3C)CN2C(=O)CCCO[C@@H]2OC(CO)[C@H](O)[C@H](O)C2C)CN1C(=O)CCCO[C@@H]1OC(CO)[C@H](O)[C@H](O)C1C. The average Bonchev–Trinajstić information content (AvgIpc) is 3.79. The molecule has 0 saturated carbocycles.